The van der Waals surface area contributed by atoms with Crippen LogP contribution < -0.4 is 0 Å². The Labute approximate surface area is 91.6 Å². The van der Waals surface area contributed by atoms with Gasteiger partial charge in [0.25, 0.3) is 6.43 Å². The summed E-state index contributed by atoms with van der Waals surface area (Å²) in [6.07, 6.45) is -2.72. The van der Waals surface area contributed by atoms with Crippen molar-refractivity contribution < 1.29 is 13.7 Å². The maximum Gasteiger partial charge on any atom is 0.367 e. The van der Waals surface area contributed by atoms with E-state index in [-0.39, 0.29) is 14.8 Å². The largest absolute Gasteiger partial charge is 0.367 e. The van der Waals surface area contributed by atoms with E-state index in [0.717, 1.165) is 6.07 Å². The summed E-state index contributed by atoms with van der Waals surface area (Å²) in [6, 6.07) is 1.15. The number of rotatable bonds is 2. The summed E-state index contributed by atoms with van der Waals surface area (Å²) in [5.41, 5.74) is -0.415. The van der Waals surface area contributed by atoms with Crippen LogP contribution in [0.5, 0.6) is 0 Å². The fourth-order valence-electron chi connectivity index (χ4n) is 0.987. The Bertz CT molecular complexity index is 384. The molecule has 0 unspecified atom stereocenters. The van der Waals surface area contributed by atoms with Crippen LogP contribution in [0.3, 0.4) is 0 Å². The molecule has 7 heteroatoms. The summed E-state index contributed by atoms with van der Waals surface area (Å²) in [4.78, 5) is 13.3. The fraction of sp³-hybridized carbons (Fsp3) is 0.286. The molecule has 0 atom stereocenters. The van der Waals surface area contributed by atoms with Crippen LogP contribution >= 0.6 is 22.6 Å². The fourth-order valence-corrected chi connectivity index (χ4v) is 1.55. The van der Waals surface area contributed by atoms with Gasteiger partial charge in [-0.1, -0.05) is 0 Å². The van der Waals surface area contributed by atoms with Gasteiger partial charge in [-0.25, -0.2) is 8.78 Å². The lowest BCUT2D eigenvalue weighted by Crippen LogP contribution is -2.01. The second-order valence-corrected chi connectivity index (χ2v) is 3.65. The quantitative estimate of drug-likeness (QED) is 0.365. The molecule has 1 rings (SSSR count). The number of halogens is 3. The van der Waals surface area contributed by atoms with E-state index in [1.54, 1.807) is 22.6 Å². The molecule has 1 aromatic rings. The molecule has 0 radical (unpaired) electrons. The van der Waals surface area contributed by atoms with Crippen LogP contribution in [-0.4, -0.2) is 9.91 Å². The van der Waals surface area contributed by atoms with Gasteiger partial charge < -0.3 is 10.1 Å². The molecule has 14 heavy (non-hydrogen) atoms. The molecule has 0 amide bonds. The second kappa shape index (κ2) is 4.11. The number of pyridine rings is 1. The topological polar surface area (TPSA) is 56.0 Å². The van der Waals surface area contributed by atoms with E-state index in [2.05, 4.69) is 4.98 Å². The minimum absolute atomic E-state index is 0.0783. The summed E-state index contributed by atoms with van der Waals surface area (Å²) in [7, 11) is 0. The first-order valence-electron chi connectivity index (χ1n) is 3.53. The van der Waals surface area contributed by atoms with Crippen molar-refractivity contribution in [1.82, 2.24) is 4.98 Å². The van der Waals surface area contributed by atoms with Gasteiger partial charge in [-0.3, -0.25) is 0 Å². The Morgan fingerprint density at radius 2 is 2.21 bits per heavy atom. The molecule has 0 aliphatic heterocycles. The van der Waals surface area contributed by atoms with Gasteiger partial charge in [-0.05, 0) is 16.8 Å². The molecule has 1 heterocycles. The van der Waals surface area contributed by atoms with E-state index >= 15 is 0 Å². The van der Waals surface area contributed by atoms with Crippen molar-refractivity contribution in [3.8, 4) is 0 Å². The number of hydrogen-bond donors (Lipinski definition) is 0. The lowest BCUT2D eigenvalue weighted by Gasteiger charge is -2.04. The molecular weight excluding hydrogens is 309 g/mol. The van der Waals surface area contributed by atoms with Gasteiger partial charge in [0.05, 0.1) is 5.56 Å². The molecule has 4 nitrogen and oxygen atoms in total. The van der Waals surface area contributed by atoms with Gasteiger partial charge in [-0.15, -0.1) is 0 Å². The molecular formula is C7H5F2IN2O2. The summed E-state index contributed by atoms with van der Waals surface area (Å²) in [5, 5.41) is 10.4. The highest BCUT2D eigenvalue weighted by atomic mass is 127. The molecule has 0 saturated carbocycles. The molecule has 0 saturated heterocycles. The smallest absolute Gasteiger partial charge is 0.358 e. The van der Waals surface area contributed by atoms with Crippen LogP contribution in [0.25, 0.3) is 0 Å². The molecule has 0 aliphatic carbocycles. The van der Waals surface area contributed by atoms with Crippen molar-refractivity contribution in [2.24, 2.45) is 0 Å². The Morgan fingerprint density at radius 1 is 1.64 bits per heavy atom. The zero-order chi connectivity index (χ0) is 10.9. The normalized spacial score (nSPS) is 10.6. The lowest BCUT2D eigenvalue weighted by molar-refractivity contribution is -0.390. The highest BCUT2D eigenvalue weighted by molar-refractivity contribution is 14.1. The van der Waals surface area contributed by atoms with E-state index in [1.165, 1.54) is 6.92 Å². The molecule has 0 fully saturated rings. The Balaban J connectivity index is 3.40. The predicted molar refractivity (Wildman–Crippen MR) is 53.3 cm³/mol. The van der Waals surface area contributed by atoms with Gasteiger partial charge in [0.2, 0.25) is 3.70 Å². The second-order valence-electron chi connectivity index (χ2n) is 2.54. The van der Waals surface area contributed by atoms with Gasteiger partial charge >= 0.3 is 5.82 Å². The molecule has 0 aromatic carbocycles. The standard InChI is InChI=1S/C7H5F2IN2O2/c1-3-4(6(8)9)2-5(10)11-7(3)12(13)14/h2,6H,1H3. The van der Waals surface area contributed by atoms with Crippen LogP contribution in [0, 0.1) is 20.7 Å². The van der Waals surface area contributed by atoms with Crippen molar-refractivity contribution in [2.45, 2.75) is 13.3 Å². The van der Waals surface area contributed by atoms with E-state index in [0.29, 0.717) is 0 Å². The van der Waals surface area contributed by atoms with Crippen LogP contribution in [0.2, 0.25) is 0 Å². The van der Waals surface area contributed by atoms with Crippen molar-refractivity contribution in [1.29, 1.82) is 0 Å². The van der Waals surface area contributed by atoms with Crippen LogP contribution in [0.1, 0.15) is 17.6 Å². The average molecular weight is 314 g/mol. The summed E-state index contributed by atoms with van der Waals surface area (Å²) in [6.45, 7) is 1.27. The lowest BCUT2D eigenvalue weighted by atomic mass is 10.1. The number of hydrogen-bond acceptors (Lipinski definition) is 3. The average Bonchev–Trinajstić information content (AvgIpc) is 2.07. The maximum absolute atomic E-state index is 12.4. The first-order chi connectivity index (χ1) is 6.43. The molecule has 0 spiro atoms. The van der Waals surface area contributed by atoms with Crippen molar-refractivity contribution in [3.63, 3.8) is 0 Å². The van der Waals surface area contributed by atoms with Crippen molar-refractivity contribution in [2.75, 3.05) is 0 Å². The maximum atomic E-state index is 12.4. The minimum atomic E-state index is -2.72. The predicted octanol–water partition coefficient (Wildman–Crippen LogP) is 2.84. The number of nitrogens with zero attached hydrogens (tertiary/aromatic N) is 2. The van der Waals surface area contributed by atoms with Crippen molar-refractivity contribution in [3.05, 3.63) is 31.0 Å². The highest BCUT2D eigenvalue weighted by Gasteiger charge is 2.22. The molecule has 0 bridgehead atoms. The summed E-state index contributed by atoms with van der Waals surface area (Å²) < 4.78 is 25.0. The number of aromatic nitrogens is 1. The SMILES string of the molecule is Cc1c(C(F)F)cc(I)nc1[N+](=O)[O-]. The van der Waals surface area contributed by atoms with Gasteiger partial charge in [0, 0.05) is 34.2 Å². The van der Waals surface area contributed by atoms with Gasteiger partial charge in [0.1, 0.15) is 0 Å². The van der Waals surface area contributed by atoms with Crippen molar-refractivity contribution >= 4 is 28.4 Å². The Hall–Kier alpha value is -0.860. The molecule has 76 valence electrons. The highest BCUT2D eigenvalue weighted by Crippen LogP contribution is 2.28. The first kappa shape index (κ1) is 11.2. The van der Waals surface area contributed by atoms with E-state index in [1.807, 2.05) is 0 Å². The summed E-state index contributed by atoms with van der Waals surface area (Å²) >= 11 is 1.67. The van der Waals surface area contributed by atoms with Crippen LogP contribution in [-0.2, 0) is 0 Å². The van der Waals surface area contributed by atoms with E-state index < -0.39 is 17.2 Å². The van der Waals surface area contributed by atoms with Gasteiger partial charge in [-0.2, -0.15) is 0 Å². The minimum Gasteiger partial charge on any atom is -0.358 e. The third-order valence-corrected chi connectivity index (χ3v) is 2.22. The Morgan fingerprint density at radius 3 is 2.64 bits per heavy atom. The third-order valence-electron chi connectivity index (χ3n) is 1.66. The third kappa shape index (κ3) is 2.14. The molecule has 0 N–H and O–H groups in total. The van der Waals surface area contributed by atoms with E-state index in [9.17, 15) is 18.9 Å². The zero-order valence-corrected chi connectivity index (χ0v) is 9.16. The monoisotopic (exact) mass is 314 g/mol. The number of nitro groups is 1. The first-order valence-corrected chi connectivity index (χ1v) is 4.61. The molecule has 1 aromatic heterocycles. The molecule has 0 aliphatic rings. The zero-order valence-electron chi connectivity index (χ0n) is 7.00. The summed E-state index contributed by atoms with van der Waals surface area (Å²) in [5.74, 6) is -0.507. The van der Waals surface area contributed by atoms with Crippen LogP contribution in [0.4, 0.5) is 14.6 Å². The number of alkyl halides is 2. The van der Waals surface area contributed by atoms with Gasteiger partial charge in [0.15, 0.2) is 0 Å². The Kier molecular flexibility index (Phi) is 3.29. The van der Waals surface area contributed by atoms with E-state index in [4.69, 9.17) is 0 Å². The van der Waals surface area contributed by atoms with Crippen LogP contribution in [0.15, 0.2) is 6.07 Å².